The summed E-state index contributed by atoms with van der Waals surface area (Å²) in [6.45, 7) is 20.1. The van der Waals surface area contributed by atoms with Crippen LogP contribution in [0.25, 0.3) is 11.1 Å². The summed E-state index contributed by atoms with van der Waals surface area (Å²) in [6.07, 6.45) is 0.568. The lowest BCUT2D eigenvalue weighted by molar-refractivity contribution is 0.112. The fourth-order valence-corrected chi connectivity index (χ4v) is 4.00. The summed E-state index contributed by atoms with van der Waals surface area (Å²) >= 11 is 0. The molecular formula is C25H36FNO2Si. The highest BCUT2D eigenvalue weighted by Crippen LogP contribution is 2.39. The molecule has 0 spiro atoms. The van der Waals surface area contributed by atoms with Crippen molar-refractivity contribution in [1.29, 1.82) is 0 Å². The van der Waals surface area contributed by atoms with Gasteiger partial charge < -0.3 is 4.43 Å². The maximum atomic E-state index is 14.0. The van der Waals surface area contributed by atoms with Crippen LogP contribution in [0.1, 0.15) is 87.6 Å². The van der Waals surface area contributed by atoms with Gasteiger partial charge in [-0.05, 0) is 59.3 Å². The Balaban J connectivity index is 2.70. The van der Waals surface area contributed by atoms with Crippen molar-refractivity contribution in [1.82, 2.24) is 4.98 Å². The van der Waals surface area contributed by atoms with E-state index >= 15 is 0 Å². The van der Waals surface area contributed by atoms with Gasteiger partial charge in [0.15, 0.2) is 14.6 Å². The molecule has 30 heavy (non-hydrogen) atoms. The van der Waals surface area contributed by atoms with Crippen LogP contribution in [-0.4, -0.2) is 19.6 Å². The molecule has 3 nitrogen and oxygen atoms in total. The van der Waals surface area contributed by atoms with E-state index in [4.69, 9.17) is 9.41 Å². The lowest BCUT2D eigenvalue weighted by Crippen LogP contribution is -2.40. The van der Waals surface area contributed by atoms with E-state index in [0.717, 1.165) is 28.1 Å². The number of hydrogen-bond donors (Lipinski definition) is 0. The molecule has 5 heteroatoms. The van der Waals surface area contributed by atoms with E-state index < -0.39 is 14.1 Å². The number of benzene rings is 1. The fraction of sp³-hybridized carbons (Fsp3) is 0.520. The van der Waals surface area contributed by atoms with E-state index in [1.807, 2.05) is 0 Å². The van der Waals surface area contributed by atoms with Crippen LogP contribution in [0.4, 0.5) is 4.39 Å². The first-order valence-electron chi connectivity index (χ1n) is 10.7. The summed E-state index contributed by atoms with van der Waals surface area (Å²) in [7, 11) is -1.98. The fourth-order valence-electron chi connectivity index (χ4n) is 3.07. The Morgan fingerprint density at radius 1 is 1.10 bits per heavy atom. The first-order valence-corrected chi connectivity index (χ1v) is 13.6. The molecule has 0 atom stereocenters. The standard InChI is InChI=1S/C25H36FNO2Si/c1-16(2)23-13-20(18-10-11-22(26)19(12-18)14-28)21(24(27-23)17(3)4)15-29-30(8,9)25(5,6)7/h10-14,16-17H,15H2,1-9H3. The summed E-state index contributed by atoms with van der Waals surface area (Å²) in [5.74, 6) is -0.0379. The van der Waals surface area contributed by atoms with Crippen molar-refractivity contribution in [3.8, 4) is 11.1 Å². The molecule has 0 radical (unpaired) electrons. The first-order chi connectivity index (χ1) is 13.8. The van der Waals surface area contributed by atoms with Crippen molar-refractivity contribution in [2.45, 2.75) is 85.0 Å². The number of carbonyl (C=O) groups is 1. The molecule has 164 valence electrons. The second kappa shape index (κ2) is 9.11. The van der Waals surface area contributed by atoms with Crippen molar-refractivity contribution in [2.75, 3.05) is 0 Å². The number of hydrogen-bond acceptors (Lipinski definition) is 3. The van der Waals surface area contributed by atoms with Crippen LogP contribution in [0.2, 0.25) is 18.1 Å². The van der Waals surface area contributed by atoms with Crippen LogP contribution in [0.5, 0.6) is 0 Å². The molecule has 2 rings (SSSR count). The van der Waals surface area contributed by atoms with Gasteiger partial charge in [-0.3, -0.25) is 9.78 Å². The van der Waals surface area contributed by atoms with Crippen molar-refractivity contribution in [3.05, 3.63) is 52.6 Å². The van der Waals surface area contributed by atoms with Gasteiger partial charge in [-0.1, -0.05) is 54.5 Å². The van der Waals surface area contributed by atoms with E-state index in [1.54, 1.807) is 12.1 Å². The summed E-state index contributed by atoms with van der Waals surface area (Å²) in [6, 6.07) is 6.80. The molecule has 0 fully saturated rings. The Morgan fingerprint density at radius 3 is 2.23 bits per heavy atom. The molecule has 0 saturated heterocycles. The second-order valence-corrected chi connectivity index (χ2v) is 15.0. The van der Waals surface area contributed by atoms with Crippen molar-refractivity contribution in [3.63, 3.8) is 0 Å². The van der Waals surface area contributed by atoms with Crippen LogP contribution in [0, 0.1) is 5.82 Å². The SMILES string of the molecule is CC(C)c1cc(-c2ccc(F)c(C=O)c2)c(CO[Si](C)(C)C(C)(C)C)c(C(C)C)n1. The highest BCUT2D eigenvalue weighted by molar-refractivity contribution is 6.74. The zero-order chi connectivity index (χ0) is 22.9. The minimum absolute atomic E-state index is 0.0674. The molecule has 2 aromatic rings. The van der Waals surface area contributed by atoms with Gasteiger partial charge in [0.05, 0.1) is 12.2 Å². The van der Waals surface area contributed by atoms with E-state index in [2.05, 4.69) is 67.6 Å². The van der Waals surface area contributed by atoms with E-state index in [1.165, 1.54) is 6.07 Å². The highest BCUT2D eigenvalue weighted by Gasteiger charge is 2.37. The third-order valence-corrected chi connectivity index (χ3v) is 10.6. The normalized spacial score (nSPS) is 12.7. The topological polar surface area (TPSA) is 39.2 Å². The van der Waals surface area contributed by atoms with Gasteiger partial charge in [-0.2, -0.15) is 0 Å². The lowest BCUT2D eigenvalue weighted by Gasteiger charge is -2.36. The van der Waals surface area contributed by atoms with E-state index in [9.17, 15) is 9.18 Å². The minimum atomic E-state index is -1.98. The van der Waals surface area contributed by atoms with E-state index in [-0.39, 0.29) is 22.4 Å². The zero-order valence-corrected chi connectivity index (χ0v) is 20.9. The molecule has 0 amide bonds. The van der Waals surface area contributed by atoms with Crippen molar-refractivity contribution >= 4 is 14.6 Å². The van der Waals surface area contributed by atoms with E-state index in [0.29, 0.717) is 12.9 Å². The minimum Gasteiger partial charge on any atom is -0.412 e. The summed E-state index contributed by atoms with van der Waals surface area (Å²) in [5.41, 5.74) is 4.88. The molecule has 1 aromatic carbocycles. The maximum Gasteiger partial charge on any atom is 0.192 e. The Morgan fingerprint density at radius 2 is 1.73 bits per heavy atom. The summed E-state index contributed by atoms with van der Waals surface area (Å²) < 4.78 is 20.5. The molecule has 0 unspecified atom stereocenters. The third kappa shape index (κ3) is 5.24. The highest BCUT2D eigenvalue weighted by atomic mass is 28.4. The number of rotatable bonds is 7. The monoisotopic (exact) mass is 429 g/mol. The van der Waals surface area contributed by atoms with Crippen LogP contribution >= 0.6 is 0 Å². The molecule has 0 aliphatic heterocycles. The molecule has 0 N–H and O–H groups in total. The number of carbonyl (C=O) groups excluding carboxylic acids is 1. The van der Waals surface area contributed by atoms with Gasteiger partial charge in [0.1, 0.15) is 5.82 Å². The molecule has 0 bridgehead atoms. The van der Waals surface area contributed by atoms with Gasteiger partial charge in [0, 0.05) is 17.0 Å². The van der Waals surface area contributed by atoms with Gasteiger partial charge in [0.2, 0.25) is 0 Å². The summed E-state index contributed by atoms with van der Waals surface area (Å²) in [5, 5.41) is 0.0943. The number of aromatic nitrogens is 1. The van der Waals surface area contributed by atoms with Crippen LogP contribution in [0.15, 0.2) is 24.3 Å². The lowest BCUT2D eigenvalue weighted by atomic mass is 9.91. The number of nitrogens with zero attached hydrogens (tertiary/aromatic N) is 1. The quantitative estimate of drug-likeness (QED) is 0.338. The molecule has 0 aliphatic rings. The molecule has 1 aromatic heterocycles. The van der Waals surface area contributed by atoms with Gasteiger partial charge in [-0.15, -0.1) is 0 Å². The van der Waals surface area contributed by atoms with Crippen LogP contribution in [-0.2, 0) is 11.0 Å². The van der Waals surface area contributed by atoms with Gasteiger partial charge in [0.25, 0.3) is 0 Å². The van der Waals surface area contributed by atoms with Crippen molar-refractivity contribution in [2.24, 2.45) is 0 Å². The molecule has 0 aliphatic carbocycles. The molecule has 0 saturated carbocycles. The predicted molar refractivity (Wildman–Crippen MR) is 125 cm³/mol. The van der Waals surface area contributed by atoms with Crippen molar-refractivity contribution < 1.29 is 13.6 Å². The smallest absolute Gasteiger partial charge is 0.192 e. The predicted octanol–water partition coefficient (Wildman–Crippen LogP) is 7.47. The maximum absolute atomic E-state index is 14.0. The van der Waals surface area contributed by atoms with Crippen LogP contribution in [0.3, 0.4) is 0 Å². The Bertz CT molecular complexity index is 914. The Labute approximate surface area is 182 Å². The number of pyridine rings is 1. The first kappa shape index (κ1) is 24.4. The Kier molecular flexibility index (Phi) is 7.41. The van der Waals surface area contributed by atoms with Crippen LogP contribution < -0.4 is 0 Å². The molecule has 1 heterocycles. The third-order valence-electron chi connectivity index (χ3n) is 6.13. The Hall–Kier alpha value is -1.85. The van der Waals surface area contributed by atoms with Gasteiger partial charge in [-0.25, -0.2) is 4.39 Å². The average Bonchev–Trinajstić information content (AvgIpc) is 2.65. The average molecular weight is 430 g/mol. The van der Waals surface area contributed by atoms with Gasteiger partial charge >= 0.3 is 0 Å². The second-order valence-electron chi connectivity index (χ2n) is 10.2. The largest absolute Gasteiger partial charge is 0.412 e. The zero-order valence-electron chi connectivity index (χ0n) is 19.9. The number of aldehydes is 1. The number of halogens is 1. The molecular weight excluding hydrogens is 393 g/mol. The summed E-state index contributed by atoms with van der Waals surface area (Å²) in [4.78, 5) is 16.3.